The Balaban J connectivity index is 2.25. The first-order chi connectivity index (χ1) is 6.96. The molecule has 2 saturated carbocycles. The van der Waals surface area contributed by atoms with E-state index in [0.717, 1.165) is 19.3 Å². The van der Waals surface area contributed by atoms with Crippen molar-refractivity contribution in [3.8, 4) is 0 Å². The van der Waals surface area contributed by atoms with Crippen LogP contribution >= 0.6 is 0 Å². The van der Waals surface area contributed by atoms with E-state index in [1.165, 1.54) is 18.4 Å². The van der Waals surface area contributed by atoms with Crippen LogP contribution in [0.25, 0.3) is 0 Å². The third kappa shape index (κ3) is 0.745. The lowest BCUT2D eigenvalue weighted by Crippen LogP contribution is -2.40. The summed E-state index contributed by atoms with van der Waals surface area (Å²) in [6, 6.07) is 0. The van der Waals surface area contributed by atoms with Crippen LogP contribution in [0.3, 0.4) is 0 Å². The topological polar surface area (TPSA) is 17.1 Å². The van der Waals surface area contributed by atoms with E-state index in [-0.39, 0.29) is 10.8 Å². The first-order valence-corrected chi connectivity index (χ1v) is 6.17. The third-order valence-corrected chi connectivity index (χ3v) is 5.78. The zero-order valence-corrected chi connectivity index (χ0v) is 10.0. The molecule has 2 fully saturated rings. The summed E-state index contributed by atoms with van der Waals surface area (Å²) in [6.45, 7) is 6.81. The zero-order valence-electron chi connectivity index (χ0n) is 10.0. The normalized spacial score (nSPS) is 46.6. The number of rotatable bonds is 0. The number of hydrogen-bond donors (Lipinski definition) is 0. The van der Waals surface area contributed by atoms with Crippen LogP contribution in [-0.4, -0.2) is 5.78 Å². The van der Waals surface area contributed by atoms with E-state index in [1.54, 1.807) is 0 Å². The Morgan fingerprint density at radius 1 is 1.27 bits per heavy atom. The van der Waals surface area contributed by atoms with Gasteiger partial charge in [-0.05, 0) is 37.0 Å². The van der Waals surface area contributed by atoms with Gasteiger partial charge in [0, 0.05) is 6.42 Å². The number of allylic oxidation sites excluding steroid dienone is 2. The standard InChI is InChI=1S/C14H20O/c1-10-5-8-13-6-4-7-14(10,13)11(15)9-12(13,2)3/h5H,4,6-9H2,1-3H3/t13-,14+/m0/s1. The molecule has 0 aliphatic heterocycles. The van der Waals surface area contributed by atoms with E-state index in [2.05, 4.69) is 26.8 Å². The second kappa shape index (κ2) is 2.39. The van der Waals surface area contributed by atoms with Crippen LogP contribution in [0.15, 0.2) is 11.6 Å². The van der Waals surface area contributed by atoms with Gasteiger partial charge in [-0.3, -0.25) is 4.79 Å². The molecule has 3 rings (SSSR count). The minimum atomic E-state index is -0.0312. The van der Waals surface area contributed by atoms with Gasteiger partial charge in [0.25, 0.3) is 0 Å². The van der Waals surface area contributed by atoms with Crippen molar-refractivity contribution in [2.24, 2.45) is 16.2 Å². The van der Waals surface area contributed by atoms with Crippen LogP contribution < -0.4 is 0 Å². The molecule has 0 heterocycles. The highest BCUT2D eigenvalue weighted by Gasteiger charge is 2.71. The number of carbonyl (C=O) groups excluding carboxylic acids is 1. The average molecular weight is 204 g/mol. The summed E-state index contributed by atoms with van der Waals surface area (Å²) in [5.41, 5.74) is 1.86. The maximum absolute atomic E-state index is 12.4. The largest absolute Gasteiger partial charge is 0.299 e. The molecular formula is C14H20O. The molecule has 0 radical (unpaired) electrons. The fourth-order valence-electron chi connectivity index (χ4n) is 5.00. The van der Waals surface area contributed by atoms with Gasteiger partial charge in [0.15, 0.2) is 0 Å². The van der Waals surface area contributed by atoms with Gasteiger partial charge in [0.2, 0.25) is 0 Å². The molecule has 0 aromatic rings. The van der Waals surface area contributed by atoms with E-state index in [0.29, 0.717) is 11.2 Å². The molecule has 15 heavy (non-hydrogen) atoms. The molecule has 0 aromatic heterocycles. The third-order valence-electron chi connectivity index (χ3n) is 5.78. The highest BCUT2D eigenvalue weighted by molar-refractivity contribution is 5.93. The molecule has 0 amide bonds. The average Bonchev–Trinajstić information content (AvgIpc) is 2.68. The second-order valence-electron chi connectivity index (χ2n) is 6.42. The maximum Gasteiger partial charge on any atom is 0.144 e. The van der Waals surface area contributed by atoms with Crippen LogP contribution in [0.1, 0.15) is 52.9 Å². The van der Waals surface area contributed by atoms with Crippen molar-refractivity contribution in [1.82, 2.24) is 0 Å². The Kier molecular flexibility index (Phi) is 1.53. The Morgan fingerprint density at radius 2 is 2.00 bits per heavy atom. The van der Waals surface area contributed by atoms with Crippen molar-refractivity contribution < 1.29 is 4.79 Å². The van der Waals surface area contributed by atoms with Crippen molar-refractivity contribution in [2.45, 2.75) is 52.9 Å². The fourth-order valence-corrected chi connectivity index (χ4v) is 5.00. The van der Waals surface area contributed by atoms with Gasteiger partial charge in [-0.25, -0.2) is 0 Å². The molecule has 3 aliphatic rings. The Hall–Kier alpha value is -0.590. The minimum absolute atomic E-state index is 0.0312. The van der Waals surface area contributed by atoms with Gasteiger partial charge in [-0.2, -0.15) is 0 Å². The van der Waals surface area contributed by atoms with E-state index < -0.39 is 0 Å². The van der Waals surface area contributed by atoms with Crippen molar-refractivity contribution >= 4 is 5.78 Å². The van der Waals surface area contributed by atoms with Gasteiger partial charge in [0.05, 0.1) is 5.41 Å². The number of Topliss-reactive ketones (excluding diaryl/α,β-unsaturated/α-hetero) is 1. The molecule has 0 unspecified atom stereocenters. The Morgan fingerprint density at radius 3 is 2.67 bits per heavy atom. The van der Waals surface area contributed by atoms with Gasteiger partial charge < -0.3 is 0 Å². The van der Waals surface area contributed by atoms with Crippen LogP contribution in [-0.2, 0) is 4.79 Å². The van der Waals surface area contributed by atoms with Crippen LogP contribution in [0.4, 0.5) is 0 Å². The molecule has 0 saturated heterocycles. The van der Waals surface area contributed by atoms with Crippen molar-refractivity contribution in [1.29, 1.82) is 0 Å². The second-order valence-corrected chi connectivity index (χ2v) is 6.42. The number of ketones is 1. The van der Waals surface area contributed by atoms with Gasteiger partial charge in [-0.15, -0.1) is 0 Å². The lowest BCUT2D eigenvalue weighted by Gasteiger charge is -2.43. The fraction of sp³-hybridized carbons (Fsp3) is 0.786. The van der Waals surface area contributed by atoms with E-state index in [1.807, 2.05) is 0 Å². The summed E-state index contributed by atoms with van der Waals surface area (Å²) in [4.78, 5) is 12.4. The van der Waals surface area contributed by atoms with Crippen LogP contribution in [0.2, 0.25) is 0 Å². The summed E-state index contributed by atoms with van der Waals surface area (Å²) in [5, 5.41) is 0. The monoisotopic (exact) mass is 204 g/mol. The quantitative estimate of drug-likeness (QED) is 0.552. The summed E-state index contributed by atoms with van der Waals surface area (Å²) < 4.78 is 0. The molecular weight excluding hydrogens is 184 g/mol. The predicted molar refractivity (Wildman–Crippen MR) is 60.5 cm³/mol. The highest BCUT2D eigenvalue weighted by Crippen LogP contribution is 2.75. The number of hydrogen-bond acceptors (Lipinski definition) is 1. The van der Waals surface area contributed by atoms with E-state index in [9.17, 15) is 4.79 Å². The molecule has 2 atom stereocenters. The van der Waals surface area contributed by atoms with Gasteiger partial charge in [-0.1, -0.05) is 31.9 Å². The molecule has 1 heteroatoms. The number of carbonyl (C=O) groups is 1. The highest BCUT2D eigenvalue weighted by atomic mass is 16.1. The predicted octanol–water partition coefficient (Wildman–Crippen LogP) is 3.49. The molecule has 1 nitrogen and oxygen atoms in total. The molecule has 82 valence electrons. The van der Waals surface area contributed by atoms with Crippen molar-refractivity contribution in [3.05, 3.63) is 11.6 Å². The van der Waals surface area contributed by atoms with Gasteiger partial charge >= 0.3 is 0 Å². The van der Waals surface area contributed by atoms with Crippen molar-refractivity contribution in [3.63, 3.8) is 0 Å². The SMILES string of the molecule is CC1=CC[C@]23CCC[C@]12C(=O)CC3(C)C. The Labute approximate surface area is 91.9 Å². The zero-order chi connectivity index (χ0) is 10.9. The molecule has 0 bridgehead atoms. The lowest BCUT2D eigenvalue weighted by atomic mass is 9.59. The first kappa shape index (κ1) is 9.62. The van der Waals surface area contributed by atoms with Gasteiger partial charge in [0.1, 0.15) is 5.78 Å². The van der Waals surface area contributed by atoms with E-state index in [4.69, 9.17) is 0 Å². The minimum Gasteiger partial charge on any atom is -0.299 e. The summed E-state index contributed by atoms with van der Waals surface area (Å²) in [7, 11) is 0. The summed E-state index contributed by atoms with van der Waals surface area (Å²) >= 11 is 0. The smallest absolute Gasteiger partial charge is 0.144 e. The van der Waals surface area contributed by atoms with E-state index >= 15 is 0 Å². The molecule has 3 aliphatic carbocycles. The van der Waals surface area contributed by atoms with Crippen LogP contribution in [0.5, 0.6) is 0 Å². The lowest BCUT2D eigenvalue weighted by molar-refractivity contribution is -0.125. The first-order valence-electron chi connectivity index (χ1n) is 6.17. The molecule has 0 spiro atoms. The molecule has 0 N–H and O–H groups in total. The Bertz CT molecular complexity index is 377. The summed E-state index contributed by atoms with van der Waals surface area (Å²) in [5.74, 6) is 0.538. The summed E-state index contributed by atoms with van der Waals surface area (Å²) in [6.07, 6.45) is 7.94. The van der Waals surface area contributed by atoms with Crippen LogP contribution in [0, 0.1) is 16.2 Å². The maximum atomic E-state index is 12.4. The molecule has 0 aromatic carbocycles. The van der Waals surface area contributed by atoms with Crippen molar-refractivity contribution in [2.75, 3.05) is 0 Å².